The van der Waals surface area contributed by atoms with Crippen LogP contribution in [0.2, 0.25) is 0 Å². The molecule has 0 aliphatic rings. The quantitative estimate of drug-likeness (QED) is 0.774. The minimum absolute atomic E-state index is 0.0577. The van der Waals surface area contributed by atoms with Gasteiger partial charge in [-0.25, -0.2) is 0 Å². The number of anilines is 1. The molecule has 2 rings (SSSR count). The first-order chi connectivity index (χ1) is 9.10. The standard InChI is InChI=1S/C14H19N3O2/c1-3-10(2)17-7-6-14(16-17)15-9-11-4-5-12(18)8-13(11)19/h4-8,10,18-19H,3,9H2,1-2H3,(H,15,16). The van der Waals surface area contributed by atoms with Gasteiger partial charge in [0.05, 0.1) is 0 Å². The van der Waals surface area contributed by atoms with Gasteiger partial charge in [0.15, 0.2) is 0 Å². The van der Waals surface area contributed by atoms with Crippen LogP contribution in [0.3, 0.4) is 0 Å². The zero-order valence-electron chi connectivity index (χ0n) is 11.2. The minimum Gasteiger partial charge on any atom is -0.508 e. The molecule has 0 spiro atoms. The number of benzene rings is 1. The predicted octanol–water partition coefficient (Wildman–Crippen LogP) is 2.88. The van der Waals surface area contributed by atoms with Gasteiger partial charge < -0.3 is 15.5 Å². The summed E-state index contributed by atoms with van der Waals surface area (Å²) in [5.41, 5.74) is 0.718. The van der Waals surface area contributed by atoms with E-state index in [0.717, 1.165) is 17.8 Å². The van der Waals surface area contributed by atoms with Crippen LogP contribution in [0.5, 0.6) is 11.5 Å². The third-order valence-corrected chi connectivity index (χ3v) is 3.18. The van der Waals surface area contributed by atoms with Gasteiger partial charge in [0.1, 0.15) is 17.3 Å². The Balaban J connectivity index is 2.00. The fourth-order valence-corrected chi connectivity index (χ4v) is 1.75. The molecule has 0 aliphatic heterocycles. The number of phenols is 2. The van der Waals surface area contributed by atoms with Crippen molar-refractivity contribution in [3.05, 3.63) is 36.0 Å². The number of nitrogens with one attached hydrogen (secondary N) is 1. The van der Waals surface area contributed by atoms with Crippen molar-refractivity contribution in [3.8, 4) is 11.5 Å². The number of nitrogens with zero attached hydrogens (tertiary/aromatic N) is 2. The molecule has 3 N–H and O–H groups in total. The Morgan fingerprint density at radius 3 is 2.79 bits per heavy atom. The largest absolute Gasteiger partial charge is 0.508 e. The highest BCUT2D eigenvalue weighted by Crippen LogP contribution is 2.23. The summed E-state index contributed by atoms with van der Waals surface area (Å²) in [6.45, 7) is 4.69. The van der Waals surface area contributed by atoms with E-state index in [1.807, 2.05) is 16.9 Å². The maximum atomic E-state index is 9.68. The Bertz CT molecular complexity index is 551. The van der Waals surface area contributed by atoms with Crippen LogP contribution in [0.1, 0.15) is 31.9 Å². The molecule has 1 heterocycles. The summed E-state index contributed by atoms with van der Waals surface area (Å²) >= 11 is 0. The first kappa shape index (κ1) is 13.3. The molecule has 0 amide bonds. The van der Waals surface area contributed by atoms with Crippen LogP contribution < -0.4 is 5.32 Å². The van der Waals surface area contributed by atoms with E-state index >= 15 is 0 Å². The highest BCUT2D eigenvalue weighted by molar-refractivity contribution is 5.42. The van der Waals surface area contributed by atoms with E-state index in [1.165, 1.54) is 6.07 Å². The number of aromatic hydroxyl groups is 2. The summed E-state index contributed by atoms with van der Waals surface area (Å²) in [6, 6.07) is 6.84. The SMILES string of the molecule is CCC(C)n1ccc(NCc2ccc(O)cc2O)n1. The van der Waals surface area contributed by atoms with Crippen LogP contribution >= 0.6 is 0 Å². The molecule has 1 aromatic heterocycles. The van der Waals surface area contributed by atoms with Gasteiger partial charge in [-0.1, -0.05) is 6.92 Å². The van der Waals surface area contributed by atoms with E-state index < -0.39 is 0 Å². The van der Waals surface area contributed by atoms with Crippen LogP contribution in [0.25, 0.3) is 0 Å². The summed E-state index contributed by atoms with van der Waals surface area (Å²) in [6.07, 6.45) is 2.97. The second-order valence-electron chi connectivity index (χ2n) is 4.60. The monoisotopic (exact) mass is 261 g/mol. The molecule has 5 heteroatoms. The highest BCUT2D eigenvalue weighted by atomic mass is 16.3. The number of aromatic nitrogens is 2. The molecule has 102 valence electrons. The number of rotatable bonds is 5. The molecule has 1 unspecified atom stereocenters. The van der Waals surface area contributed by atoms with Crippen molar-refractivity contribution in [1.82, 2.24) is 9.78 Å². The highest BCUT2D eigenvalue weighted by Gasteiger charge is 2.06. The molecule has 0 saturated carbocycles. The summed E-state index contributed by atoms with van der Waals surface area (Å²) < 4.78 is 1.92. The molecule has 2 aromatic rings. The van der Waals surface area contributed by atoms with Gasteiger partial charge >= 0.3 is 0 Å². The maximum Gasteiger partial charge on any atom is 0.148 e. The van der Waals surface area contributed by atoms with Crippen molar-refractivity contribution in [3.63, 3.8) is 0 Å². The van der Waals surface area contributed by atoms with E-state index in [-0.39, 0.29) is 11.5 Å². The lowest BCUT2D eigenvalue weighted by Gasteiger charge is -2.09. The molecule has 0 saturated heterocycles. The van der Waals surface area contributed by atoms with Crippen LogP contribution in [0.15, 0.2) is 30.5 Å². The van der Waals surface area contributed by atoms with Crippen molar-refractivity contribution >= 4 is 5.82 Å². The van der Waals surface area contributed by atoms with Gasteiger partial charge in [0.25, 0.3) is 0 Å². The Labute approximate surface area is 112 Å². The second kappa shape index (κ2) is 5.65. The van der Waals surface area contributed by atoms with Crippen LogP contribution in [-0.2, 0) is 6.54 Å². The van der Waals surface area contributed by atoms with Gasteiger partial charge in [-0.15, -0.1) is 0 Å². The van der Waals surface area contributed by atoms with Gasteiger partial charge in [0, 0.05) is 36.5 Å². The summed E-state index contributed by atoms with van der Waals surface area (Å²) in [5, 5.41) is 26.5. The Morgan fingerprint density at radius 2 is 2.11 bits per heavy atom. The van der Waals surface area contributed by atoms with Crippen molar-refractivity contribution in [1.29, 1.82) is 0 Å². The predicted molar refractivity (Wildman–Crippen MR) is 74.3 cm³/mol. The van der Waals surface area contributed by atoms with E-state index in [2.05, 4.69) is 24.3 Å². The van der Waals surface area contributed by atoms with E-state index in [4.69, 9.17) is 0 Å². The third kappa shape index (κ3) is 3.19. The number of hydrogen-bond acceptors (Lipinski definition) is 4. The molecule has 0 bridgehead atoms. The summed E-state index contributed by atoms with van der Waals surface area (Å²) in [4.78, 5) is 0. The Kier molecular flexibility index (Phi) is 3.94. The molecule has 0 fully saturated rings. The lowest BCUT2D eigenvalue weighted by atomic mass is 10.2. The smallest absolute Gasteiger partial charge is 0.148 e. The van der Waals surface area contributed by atoms with Crippen molar-refractivity contribution in [2.75, 3.05) is 5.32 Å². The molecule has 0 radical (unpaired) electrons. The van der Waals surface area contributed by atoms with E-state index in [0.29, 0.717) is 12.6 Å². The molecular formula is C14H19N3O2. The summed E-state index contributed by atoms with van der Waals surface area (Å²) in [7, 11) is 0. The lowest BCUT2D eigenvalue weighted by molar-refractivity contribution is 0.446. The average Bonchev–Trinajstić information content (AvgIpc) is 2.85. The maximum absolute atomic E-state index is 9.68. The number of hydrogen-bond donors (Lipinski definition) is 3. The Hall–Kier alpha value is -2.17. The lowest BCUT2D eigenvalue weighted by Crippen LogP contribution is -2.06. The van der Waals surface area contributed by atoms with Gasteiger partial charge in [-0.3, -0.25) is 4.68 Å². The third-order valence-electron chi connectivity index (χ3n) is 3.18. The van der Waals surface area contributed by atoms with Gasteiger partial charge in [-0.2, -0.15) is 5.10 Å². The van der Waals surface area contributed by atoms with Crippen molar-refractivity contribution < 1.29 is 10.2 Å². The van der Waals surface area contributed by atoms with Gasteiger partial charge in [0.2, 0.25) is 0 Å². The molecule has 0 aliphatic carbocycles. The Morgan fingerprint density at radius 1 is 1.32 bits per heavy atom. The minimum atomic E-state index is 0.0577. The second-order valence-corrected chi connectivity index (χ2v) is 4.60. The van der Waals surface area contributed by atoms with Crippen LogP contribution in [0.4, 0.5) is 5.82 Å². The fourth-order valence-electron chi connectivity index (χ4n) is 1.75. The average molecular weight is 261 g/mol. The molecule has 1 aromatic carbocycles. The van der Waals surface area contributed by atoms with Crippen molar-refractivity contribution in [2.24, 2.45) is 0 Å². The molecular weight excluding hydrogens is 242 g/mol. The van der Waals surface area contributed by atoms with Crippen LogP contribution in [0, 0.1) is 0 Å². The zero-order chi connectivity index (χ0) is 13.8. The van der Waals surface area contributed by atoms with Gasteiger partial charge in [-0.05, 0) is 25.5 Å². The molecule has 19 heavy (non-hydrogen) atoms. The van der Waals surface area contributed by atoms with E-state index in [1.54, 1.807) is 12.1 Å². The number of phenolic OH excluding ortho intramolecular Hbond substituents is 2. The molecule has 5 nitrogen and oxygen atoms in total. The zero-order valence-corrected chi connectivity index (χ0v) is 11.2. The van der Waals surface area contributed by atoms with E-state index in [9.17, 15) is 10.2 Å². The first-order valence-electron chi connectivity index (χ1n) is 6.40. The molecule has 1 atom stereocenters. The topological polar surface area (TPSA) is 70.3 Å². The first-order valence-corrected chi connectivity index (χ1v) is 6.40. The van der Waals surface area contributed by atoms with Crippen molar-refractivity contribution in [2.45, 2.75) is 32.9 Å². The van der Waals surface area contributed by atoms with Crippen LogP contribution in [-0.4, -0.2) is 20.0 Å². The normalized spacial score (nSPS) is 12.3. The summed E-state index contributed by atoms with van der Waals surface area (Å²) in [5.74, 6) is 0.906. The fraction of sp³-hybridized carbons (Fsp3) is 0.357.